The first kappa shape index (κ1) is 20.0. The van der Waals surface area contributed by atoms with Gasteiger partial charge in [0.2, 0.25) is 5.91 Å². The number of nitrogens with zero attached hydrogens (tertiary/aromatic N) is 2. The maximum Gasteiger partial charge on any atom is 0.241 e. The molecule has 1 radical (unpaired) electrons. The molecule has 0 unspecified atom stereocenters. The predicted octanol–water partition coefficient (Wildman–Crippen LogP) is 3.41. The first-order valence-electron chi connectivity index (χ1n) is 8.56. The number of para-hydroxylation sites is 1. The molecule has 2 aromatic rings. The number of carbonyl (C=O) groups is 1. The molecule has 0 atom stereocenters. The van der Waals surface area contributed by atoms with E-state index >= 15 is 0 Å². The summed E-state index contributed by atoms with van der Waals surface area (Å²) >= 11 is 0. The minimum atomic E-state index is -0.281. The number of methoxy groups -OCH3 is 1. The van der Waals surface area contributed by atoms with Gasteiger partial charge in [0, 0.05) is 23.7 Å². The molecule has 0 aliphatic heterocycles. The maximum absolute atomic E-state index is 12.4. The zero-order valence-corrected chi connectivity index (χ0v) is 15.2. The van der Waals surface area contributed by atoms with Crippen molar-refractivity contribution in [3.8, 4) is 17.6 Å². The highest BCUT2D eigenvalue weighted by molar-refractivity contribution is 5.94. The van der Waals surface area contributed by atoms with Crippen molar-refractivity contribution in [2.45, 2.75) is 25.8 Å². The van der Waals surface area contributed by atoms with E-state index in [1.807, 2.05) is 48.8 Å². The number of hydrogen-bond donors (Lipinski definition) is 0. The Morgan fingerprint density at radius 1 is 1.19 bits per heavy atom. The van der Waals surface area contributed by atoms with Crippen LogP contribution in [0.5, 0.6) is 11.5 Å². The van der Waals surface area contributed by atoms with Crippen molar-refractivity contribution >= 4 is 17.9 Å². The summed E-state index contributed by atoms with van der Waals surface area (Å²) in [7, 11) is 1.55. The number of hydrogen-bond acceptors (Lipinski definition) is 5. The van der Waals surface area contributed by atoms with Crippen molar-refractivity contribution in [2.75, 3.05) is 18.6 Å². The van der Waals surface area contributed by atoms with Crippen LogP contribution in [-0.2, 0) is 16.1 Å². The van der Waals surface area contributed by atoms with Crippen molar-refractivity contribution in [3.63, 3.8) is 0 Å². The largest absolute Gasteiger partial charge is 0.496 e. The molecule has 2 aromatic carbocycles. The molecule has 0 saturated carbocycles. The van der Waals surface area contributed by atoms with Gasteiger partial charge in [0.1, 0.15) is 17.9 Å². The molecule has 0 N–H and O–H groups in total. The zero-order valence-electron chi connectivity index (χ0n) is 15.2. The predicted molar refractivity (Wildman–Crippen MR) is 101 cm³/mol. The van der Waals surface area contributed by atoms with Crippen LogP contribution in [0.15, 0.2) is 48.5 Å². The molecule has 0 saturated heterocycles. The van der Waals surface area contributed by atoms with Crippen molar-refractivity contribution in [2.24, 2.45) is 0 Å². The summed E-state index contributed by atoms with van der Waals surface area (Å²) in [5.41, 5.74) is 1.51. The second kappa shape index (κ2) is 10.6. The number of anilines is 1. The number of ether oxygens (including phenoxy) is 2. The Morgan fingerprint density at radius 2 is 1.96 bits per heavy atom. The number of unbranched alkanes of at least 4 members (excludes halogenated alkanes) is 1. The fourth-order valence-electron chi connectivity index (χ4n) is 2.54. The number of carbonyl (C=O) groups excluding carboxylic acids is 2. The van der Waals surface area contributed by atoms with Gasteiger partial charge in [0.25, 0.3) is 0 Å². The molecule has 139 valence electrons. The van der Waals surface area contributed by atoms with E-state index in [9.17, 15) is 9.59 Å². The monoisotopic (exact) mass is 365 g/mol. The molecule has 0 spiro atoms. The Hall–Kier alpha value is -3.33. The standard InChI is InChI=1S/C21H21N2O4/c1-26-20-15-19(27-14-6-5-13-24)10-9-17(20)16-23(21(25)11-12-22)18-7-3-2-4-8-18/h2-4,7-10,15H,5-6,11,14,16H2,1H3. The van der Waals surface area contributed by atoms with Gasteiger partial charge in [-0.25, -0.2) is 0 Å². The van der Waals surface area contributed by atoms with E-state index < -0.39 is 0 Å². The molecule has 27 heavy (non-hydrogen) atoms. The van der Waals surface area contributed by atoms with E-state index in [4.69, 9.17) is 14.7 Å². The molecule has 0 heterocycles. The first-order chi connectivity index (χ1) is 13.2. The third-order valence-electron chi connectivity index (χ3n) is 3.88. The van der Waals surface area contributed by atoms with Crippen molar-refractivity contribution in [3.05, 3.63) is 54.1 Å². The highest BCUT2D eigenvalue weighted by atomic mass is 16.5. The number of benzene rings is 2. The van der Waals surface area contributed by atoms with Crippen LogP contribution in [0.4, 0.5) is 5.69 Å². The molecule has 0 aliphatic rings. The molecule has 2 rings (SSSR count). The molecular weight excluding hydrogens is 344 g/mol. The Morgan fingerprint density at radius 3 is 2.63 bits per heavy atom. The number of nitriles is 1. The van der Waals surface area contributed by atoms with Gasteiger partial charge in [0.05, 0.1) is 26.3 Å². The number of rotatable bonds is 10. The summed E-state index contributed by atoms with van der Waals surface area (Å²) in [5.74, 6) is 0.924. The van der Waals surface area contributed by atoms with E-state index in [2.05, 4.69) is 0 Å². The minimum absolute atomic E-state index is 0.202. The van der Waals surface area contributed by atoms with E-state index in [-0.39, 0.29) is 18.9 Å². The first-order valence-corrected chi connectivity index (χ1v) is 8.56. The zero-order chi connectivity index (χ0) is 19.5. The summed E-state index contributed by atoms with van der Waals surface area (Å²) in [6.45, 7) is 0.683. The molecule has 1 amide bonds. The SMILES string of the molecule is COc1cc(OCCC[C]=O)ccc1CN(C(=O)CC#N)c1ccccc1. The van der Waals surface area contributed by atoms with Crippen molar-refractivity contribution in [1.29, 1.82) is 5.26 Å². The summed E-state index contributed by atoms with van der Waals surface area (Å²) in [6, 6.07) is 16.5. The van der Waals surface area contributed by atoms with Crippen LogP contribution >= 0.6 is 0 Å². The van der Waals surface area contributed by atoms with E-state index in [1.165, 1.54) is 0 Å². The van der Waals surface area contributed by atoms with Gasteiger partial charge in [-0.1, -0.05) is 18.2 Å². The van der Waals surface area contributed by atoms with Crippen LogP contribution in [0.3, 0.4) is 0 Å². The lowest BCUT2D eigenvalue weighted by Crippen LogP contribution is -2.30. The molecule has 6 nitrogen and oxygen atoms in total. The van der Waals surface area contributed by atoms with Gasteiger partial charge in [0.15, 0.2) is 6.29 Å². The van der Waals surface area contributed by atoms with Crippen LogP contribution in [0, 0.1) is 11.3 Å². The quantitative estimate of drug-likeness (QED) is 0.603. The molecule has 0 aliphatic carbocycles. The van der Waals surface area contributed by atoms with Gasteiger partial charge in [-0.15, -0.1) is 0 Å². The maximum atomic E-state index is 12.4. The average molecular weight is 365 g/mol. The highest BCUT2D eigenvalue weighted by Gasteiger charge is 2.18. The lowest BCUT2D eigenvalue weighted by molar-refractivity contribution is -0.117. The smallest absolute Gasteiger partial charge is 0.241 e. The third-order valence-corrected chi connectivity index (χ3v) is 3.88. The van der Waals surface area contributed by atoms with Crippen LogP contribution in [0.25, 0.3) is 0 Å². The normalized spacial score (nSPS) is 9.93. The second-order valence-corrected chi connectivity index (χ2v) is 5.72. The summed E-state index contributed by atoms with van der Waals surface area (Å²) in [4.78, 5) is 24.2. The molecular formula is C21H21N2O4. The average Bonchev–Trinajstić information content (AvgIpc) is 2.70. The topological polar surface area (TPSA) is 79.6 Å². The Bertz CT molecular complexity index is 800. The fraction of sp³-hybridized carbons (Fsp3) is 0.286. The van der Waals surface area contributed by atoms with Gasteiger partial charge in [-0.3, -0.25) is 9.59 Å². The van der Waals surface area contributed by atoms with Gasteiger partial charge < -0.3 is 14.4 Å². The summed E-state index contributed by atoms with van der Waals surface area (Å²) in [6.07, 6.45) is 2.56. The lowest BCUT2D eigenvalue weighted by Gasteiger charge is -2.23. The Balaban J connectivity index is 2.20. The van der Waals surface area contributed by atoms with E-state index in [1.54, 1.807) is 24.1 Å². The molecule has 0 aromatic heterocycles. The second-order valence-electron chi connectivity index (χ2n) is 5.72. The van der Waals surface area contributed by atoms with Crippen LogP contribution in [0.2, 0.25) is 0 Å². The van der Waals surface area contributed by atoms with E-state index in [0.29, 0.717) is 36.6 Å². The highest BCUT2D eigenvalue weighted by Crippen LogP contribution is 2.28. The third kappa shape index (κ3) is 5.86. The molecule has 0 fully saturated rings. The Labute approximate surface area is 158 Å². The van der Waals surface area contributed by atoms with Crippen LogP contribution in [0.1, 0.15) is 24.8 Å². The van der Waals surface area contributed by atoms with Crippen LogP contribution in [-0.4, -0.2) is 25.9 Å². The van der Waals surface area contributed by atoms with Gasteiger partial charge >= 0.3 is 0 Å². The minimum Gasteiger partial charge on any atom is -0.496 e. The summed E-state index contributed by atoms with van der Waals surface area (Å²) in [5, 5.41) is 8.89. The summed E-state index contributed by atoms with van der Waals surface area (Å²) < 4.78 is 11.0. The van der Waals surface area contributed by atoms with Crippen molar-refractivity contribution in [1.82, 2.24) is 0 Å². The Kier molecular flexibility index (Phi) is 7.86. The lowest BCUT2D eigenvalue weighted by atomic mass is 10.1. The van der Waals surface area contributed by atoms with Crippen LogP contribution < -0.4 is 14.4 Å². The fourth-order valence-corrected chi connectivity index (χ4v) is 2.54. The van der Waals surface area contributed by atoms with Gasteiger partial charge in [-0.2, -0.15) is 5.26 Å². The molecule has 6 heteroatoms. The van der Waals surface area contributed by atoms with Crippen molar-refractivity contribution < 1.29 is 19.1 Å². The van der Waals surface area contributed by atoms with E-state index in [0.717, 1.165) is 5.56 Å². The van der Waals surface area contributed by atoms with Gasteiger partial charge in [-0.05, 0) is 30.7 Å². The number of amides is 1. The molecule has 0 bridgehead atoms.